The van der Waals surface area contributed by atoms with E-state index in [1.807, 2.05) is 37.3 Å². The molecule has 1 aromatic rings. The van der Waals surface area contributed by atoms with Gasteiger partial charge in [0.2, 0.25) is 5.91 Å². The Balaban J connectivity index is 1.53. The van der Waals surface area contributed by atoms with E-state index in [0.29, 0.717) is 19.4 Å². The molecule has 7 nitrogen and oxygen atoms in total. The largest absolute Gasteiger partial charge is 0.461 e. The van der Waals surface area contributed by atoms with E-state index in [-0.39, 0.29) is 30.6 Å². The highest BCUT2D eigenvalue weighted by molar-refractivity contribution is 5.88. The van der Waals surface area contributed by atoms with Crippen molar-refractivity contribution in [3.8, 4) is 0 Å². The van der Waals surface area contributed by atoms with Crippen LogP contribution in [0.1, 0.15) is 51.5 Å². The standard InChI is InChI=1S/C22H30N2O5/c1-3-8-17-13-18(21(26)29-17)23-15(2)20(25)24-12-7-11-19(24)22(27)28-14-16-9-5-4-6-10-16/h4-6,9-10,15,17-19,23H,3,7-8,11-14H2,1-2H3/t15-,17?,18?,19-/m0/s1. The maximum absolute atomic E-state index is 12.9. The lowest BCUT2D eigenvalue weighted by molar-refractivity contribution is -0.155. The molecule has 0 aromatic heterocycles. The van der Waals surface area contributed by atoms with Crippen molar-refractivity contribution >= 4 is 17.8 Å². The van der Waals surface area contributed by atoms with Crippen LogP contribution in [0, 0.1) is 0 Å². The second kappa shape index (κ2) is 9.87. The topological polar surface area (TPSA) is 84.9 Å². The highest BCUT2D eigenvalue weighted by atomic mass is 16.6. The lowest BCUT2D eigenvalue weighted by atomic mass is 10.1. The molecule has 2 saturated heterocycles. The number of hydrogen-bond donors (Lipinski definition) is 1. The van der Waals surface area contributed by atoms with Gasteiger partial charge < -0.3 is 14.4 Å². The van der Waals surface area contributed by atoms with Crippen LogP contribution in [-0.4, -0.2) is 53.5 Å². The zero-order valence-electron chi connectivity index (χ0n) is 17.1. The number of amides is 1. The van der Waals surface area contributed by atoms with Gasteiger partial charge in [-0.3, -0.25) is 14.9 Å². The molecule has 2 aliphatic heterocycles. The summed E-state index contributed by atoms with van der Waals surface area (Å²) < 4.78 is 10.8. The van der Waals surface area contributed by atoms with Gasteiger partial charge in [-0.15, -0.1) is 0 Å². The normalized spacial score (nSPS) is 25.0. The minimum atomic E-state index is -0.574. The highest BCUT2D eigenvalue weighted by Gasteiger charge is 2.40. The molecular weight excluding hydrogens is 372 g/mol. The van der Waals surface area contributed by atoms with Gasteiger partial charge >= 0.3 is 11.9 Å². The third-order valence-corrected chi connectivity index (χ3v) is 5.53. The predicted molar refractivity (Wildman–Crippen MR) is 107 cm³/mol. The van der Waals surface area contributed by atoms with E-state index < -0.39 is 18.1 Å². The van der Waals surface area contributed by atoms with E-state index in [4.69, 9.17) is 9.47 Å². The third kappa shape index (κ3) is 5.35. The fourth-order valence-electron chi connectivity index (χ4n) is 4.01. The van der Waals surface area contributed by atoms with Crippen molar-refractivity contribution in [2.24, 2.45) is 0 Å². The van der Waals surface area contributed by atoms with Crippen LogP contribution in [0.25, 0.3) is 0 Å². The first kappa shape index (κ1) is 21.3. The summed E-state index contributed by atoms with van der Waals surface area (Å²) in [7, 11) is 0. The van der Waals surface area contributed by atoms with Gasteiger partial charge in [0.1, 0.15) is 24.8 Å². The van der Waals surface area contributed by atoms with Crippen LogP contribution in [-0.2, 0) is 30.5 Å². The molecule has 2 heterocycles. The maximum atomic E-state index is 12.9. The van der Waals surface area contributed by atoms with Crippen LogP contribution in [0.15, 0.2) is 30.3 Å². The number of carbonyl (C=O) groups is 3. The summed E-state index contributed by atoms with van der Waals surface area (Å²) in [6.07, 6.45) is 3.61. The SMILES string of the molecule is CCCC1CC(N[C@@H](C)C(=O)N2CCC[C@H]2C(=O)OCc2ccccc2)C(=O)O1. The summed E-state index contributed by atoms with van der Waals surface area (Å²) in [5.74, 6) is -0.866. The number of likely N-dealkylation sites (tertiary alicyclic amines) is 1. The summed E-state index contributed by atoms with van der Waals surface area (Å²) >= 11 is 0. The van der Waals surface area contributed by atoms with Crippen molar-refractivity contribution < 1.29 is 23.9 Å². The molecular formula is C22H30N2O5. The summed E-state index contributed by atoms with van der Waals surface area (Å²) in [5, 5.41) is 3.09. The summed E-state index contributed by atoms with van der Waals surface area (Å²) in [5.41, 5.74) is 0.910. The van der Waals surface area contributed by atoms with Crippen molar-refractivity contribution in [2.75, 3.05) is 6.54 Å². The van der Waals surface area contributed by atoms with Crippen LogP contribution in [0.4, 0.5) is 0 Å². The molecule has 0 bridgehead atoms. The minimum absolute atomic E-state index is 0.0835. The Morgan fingerprint density at radius 2 is 2.07 bits per heavy atom. The van der Waals surface area contributed by atoms with Crippen molar-refractivity contribution in [3.05, 3.63) is 35.9 Å². The number of esters is 2. The fourth-order valence-corrected chi connectivity index (χ4v) is 4.01. The van der Waals surface area contributed by atoms with Crippen LogP contribution in [0.3, 0.4) is 0 Å². The molecule has 1 amide bonds. The number of hydrogen-bond acceptors (Lipinski definition) is 6. The molecule has 2 fully saturated rings. The molecule has 0 spiro atoms. The number of benzene rings is 1. The van der Waals surface area contributed by atoms with Crippen molar-refractivity contribution in [3.63, 3.8) is 0 Å². The summed E-state index contributed by atoms with van der Waals surface area (Å²) in [6.45, 7) is 4.49. The second-order valence-corrected chi connectivity index (χ2v) is 7.81. The van der Waals surface area contributed by atoms with Gasteiger partial charge in [0.05, 0.1) is 6.04 Å². The number of nitrogens with one attached hydrogen (secondary N) is 1. The quantitative estimate of drug-likeness (QED) is 0.671. The lowest BCUT2D eigenvalue weighted by Gasteiger charge is -2.27. The molecule has 0 saturated carbocycles. The molecule has 29 heavy (non-hydrogen) atoms. The Bertz CT molecular complexity index is 723. The molecule has 4 atom stereocenters. The number of nitrogens with zero attached hydrogens (tertiary/aromatic N) is 1. The van der Waals surface area contributed by atoms with Gasteiger partial charge in [0.15, 0.2) is 0 Å². The van der Waals surface area contributed by atoms with E-state index in [1.165, 1.54) is 0 Å². The van der Waals surface area contributed by atoms with Crippen molar-refractivity contribution in [1.82, 2.24) is 10.2 Å². The first-order valence-corrected chi connectivity index (χ1v) is 10.5. The molecule has 0 radical (unpaired) electrons. The molecule has 3 rings (SSSR count). The lowest BCUT2D eigenvalue weighted by Crippen LogP contribution is -2.52. The Hall–Kier alpha value is -2.41. The van der Waals surface area contributed by atoms with Gasteiger partial charge in [0.25, 0.3) is 0 Å². The molecule has 1 aromatic carbocycles. The van der Waals surface area contributed by atoms with Crippen molar-refractivity contribution in [2.45, 2.75) is 76.8 Å². The van der Waals surface area contributed by atoms with Crippen LogP contribution in [0.5, 0.6) is 0 Å². The van der Waals surface area contributed by atoms with E-state index in [1.54, 1.807) is 11.8 Å². The molecule has 1 N–H and O–H groups in total. The molecule has 158 valence electrons. The number of ether oxygens (including phenoxy) is 2. The third-order valence-electron chi connectivity index (χ3n) is 5.53. The van der Waals surface area contributed by atoms with Crippen molar-refractivity contribution in [1.29, 1.82) is 0 Å². The van der Waals surface area contributed by atoms with Gasteiger partial charge in [-0.2, -0.15) is 0 Å². The van der Waals surface area contributed by atoms with Gasteiger partial charge in [0, 0.05) is 13.0 Å². The highest BCUT2D eigenvalue weighted by Crippen LogP contribution is 2.22. The second-order valence-electron chi connectivity index (χ2n) is 7.81. The zero-order chi connectivity index (χ0) is 20.8. The van der Waals surface area contributed by atoms with E-state index in [0.717, 1.165) is 24.8 Å². The van der Waals surface area contributed by atoms with E-state index >= 15 is 0 Å². The maximum Gasteiger partial charge on any atom is 0.329 e. The summed E-state index contributed by atoms with van der Waals surface area (Å²) in [6, 6.07) is 7.85. The first-order chi connectivity index (χ1) is 14.0. The van der Waals surface area contributed by atoms with Crippen LogP contribution >= 0.6 is 0 Å². The number of carbonyl (C=O) groups excluding carboxylic acids is 3. The van der Waals surface area contributed by atoms with Crippen LogP contribution in [0.2, 0.25) is 0 Å². The minimum Gasteiger partial charge on any atom is -0.461 e. The average molecular weight is 402 g/mol. The smallest absolute Gasteiger partial charge is 0.329 e. The number of rotatable bonds is 8. The van der Waals surface area contributed by atoms with Gasteiger partial charge in [-0.1, -0.05) is 43.7 Å². The molecule has 0 aliphatic carbocycles. The van der Waals surface area contributed by atoms with E-state index in [9.17, 15) is 14.4 Å². The Kier molecular flexibility index (Phi) is 7.25. The first-order valence-electron chi connectivity index (χ1n) is 10.5. The predicted octanol–water partition coefficient (Wildman–Crippen LogP) is 2.18. The van der Waals surface area contributed by atoms with Gasteiger partial charge in [-0.05, 0) is 31.7 Å². The Morgan fingerprint density at radius 3 is 2.79 bits per heavy atom. The average Bonchev–Trinajstić information content (AvgIpc) is 3.34. The fraction of sp³-hybridized carbons (Fsp3) is 0.591. The Labute approximate surface area is 171 Å². The van der Waals surface area contributed by atoms with Crippen LogP contribution < -0.4 is 5.32 Å². The van der Waals surface area contributed by atoms with Gasteiger partial charge in [-0.25, -0.2) is 4.79 Å². The summed E-state index contributed by atoms with van der Waals surface area (Å²) in [4.78, 5) is 39.1. The molecule has 2 aliphatic rings. The monoisotopic (exact) mass is 402 g/mol. The Morgan fingerprint density at radius 1 is 1.31 bits per heavy atom. The number of cyclic esters (lactones) is 1. The molecule has 7 heteroatoms. The molecule has 2 unspecified atom stereocenters. The zero-order valence-corrected chi connectivity index (χ0v) is 17.1. The van der Waals surface area contributed by atoms with E-state index in [2.05, 4.69) is 5.32 Å².